The Morgan fingerprint density at radius 1 is 0.913 bits per heavy atom. The van der Waals surface area contributed by atoms with Crippen LogP contribution in [-0.2, 0) is 36.9 Å². The van der Waals surface area contributed by atoms with Gasteiger partial charge in [0, 0.05) is 24.9 Å². The van der Waals surface area contributed by atoms with Gasteiger partial charge in [0.1, 0.15) is 25.0 Å². The molecule has 10 nitrogen and oxygen atoms in total. The number of carbonyl (C=O) groups is 5. The van der Waals surface area contributed by atoms with Gasteiger partial charge in [0.15, 0.2) is 0 Å². The van der Waals surface area contributed by atoms with Crippen LogP contribution >= 0.6 is 0 Å². The predicted octanol–water partition coefficient (Wildman–Crippen LogP) is 3.97. The number of hydrogen-bond donors (Lipinski definition) is 4. The van der Waals surface area contributed by atoms with E-state index in [9.17, 15) is 24.0 Å². The fourth-order valence-corrected chi connectivity index (χ4v) is 5.61. The Bertz CT molecular complexity index is 1530. The zero-order valence-electron chi connectivity index (χ0n) is 26.2. The summed E-state index contributed by atoms with van der Waals surface area (Å²) in [5, 5.41) is 13.2. The van der Waals surface area contributed by atoms with Crippen molar-refractivity contribution in [1.82, 2.24) is 21.3 Å². The van der Waals surface area contributed by atoms with Crippen molar-refractivity contribution in [2.45, 2.75) is 64.3 Å². The van der Waals surface area contributed by atoms with Crippen molar-refractivity contribution < 1.29 is 28.7 Å². The van der Waals surface area contributed by atoms with Crippen molar-refractivity contribution in [3.63, 3.8) is 0 Å². The van der Waals surface area contributed by atoms with Gasteiger partial charge in [-0.15, -0.1) is 0 Å². The van der Waals surface area contributed by atoms with Crippen molar-refractivity contribution in [3.8, 4) is 0 Å². The zero-order valence-corrected chi connectivity index (χ0v) is 26.2. The van der Waals surface area contributed by atoms with Crippen LogP contribution in [-0.4, -0.2) is 54.8 Å². The fraction of sp³-hybridized carbons (Fsp3) is 0.361. The summed E-state index contributed by atoms with van der Waals surface area (Å²) in [6.07, 6.45) is 4.13. The number of benzene rings is 3. The molecule has 0 spiro atoms. The summed E-state index contributed by atoms with van der Waals surface area (Å²) in [6, 6.07) is 20.2. The van der Waals surface area contributed by atoms with Crippen LogP contribution in [0.15, 0.2) is 84.9 Å². The van der Waals surface area contributed by atoms with E-state index >= 15 is 0 Å². The molecule has 1 fully saturated rings. The summed E-state index contributed by atoms with van der Waals surface area (Å²) in [4.78, 5) is 63.7. The number of hydrogen-bond acceptors (Lipinski definition) is 6. The number of carbonyl (C=O) groups excluding carboxylic acids is 5. The van der Waals surface area contributed by atoms with E-state index in [0.717, 1.165) is 21.9 Å². The monoisotopic (exact) mass is 626 g/mol. The molecule has 4 N–H and O–H groups in total. The molecule has 1 aliphatic heterocycles. The van der Waals surface area contributed by atoms with Gasteiger partial charge in [0.2, 0.25) is 17.7 Å². The van der Waals surface area contributed by atoms with Crippen LogP contribution in [0.3, 0.4) is 0 Å². The first kappa shape index (κ1) is 33.9. The Hall–Kier alpha value is -4.99. The van der Waals surface area contributed by atoms with E-state index in [2.05, 4.69) is 21.3 Å². The third-order valence-electron chi connectivity index (χ3n) is 7.92. The minimum atomic E-state index is -1.05. The van der Waals surface area contributed by atoms with Crippen molar-refractivity contribution in [2.24, 2.45) is 11.8 Å². The van der Waals surface area contributed by atoms with E-state index in [1.807, 2.05) is 86.6 Å². The summed E-state index contributed by atoms with van der Waals surface area (Å²) < 4.78 is 5.43. The van der Waals surface area contributed by atoms with Crippen LogP contribution in [0.25, 0.3) is 10.8 Å². The molecular weight excluding hydrogens is 584 g/mol. The summed E-state index contributed by atoms with van der Waals surface area (Å²) in [5.74, 6) is -1.33. The molecule has 3 aromatic rings. The summed E-state index contributed by atoms with van der Waals surface area (Å²) in [6.45, 7) is 4.46. The molecule has 242 valence electrons. The molecule has 10 heteroatoms. The lowest BCUT2D eigenvalue weighted by Crippen LogP contribution is -2.55. The normalized spacial score (nSPS) is 16.4. The third-order valence-corrected chi connectivity index (χ3v) is 7.92. The molecule has 0 saturated carbocycles. The minimum absolute atomic E-state index is 0.0301. The van der Waals surface area contributed by atoms with Gasteiger partial charge in [0.25, 0.3) is 0 Å². The van der Waals surface area contributed by atoms with E-state index in [-0.39, 0.29) is 30.8 Å². The molecule has 0 aliphatic carbocycles. The number of ether oxygens (including phenoxy) is 1. The Kier molecular flexibility index (Phi) is 12.5. The van der Waals surface area contributed by atoms with Crippen molar-refractivity contribution >= 4 is 40.9 Å². The zero-order chi connectivity index (χ0) is 32.9. The average molecular weight is 627 g/mol. The molecule has 4 amide bonds. The third kappa shape index (κ3) is 10.0. The maximum absolute atomic E-state index is 13.9. The van der Waals surface area contributed by atoms with Gasteiger partial charge in [-0.3, -0.25) is 19.2 Å². The maximum atomic E-state index is 13.9. The second kappa shape index (κ2) is 16.9. The number of nitrogens with one attached hydrogen (secondary N) is 4. The summed E-state index contributed by atoms with van der Waals surface area (Å²) in [5.41, 5.74) is 1.65. The molecule has 1 saturated heterocycles. The number of amides is 4. The Morgan fingerprint density at radius 2 is 1.63 bits per heavy atom. The average Bonchev–Trinajstić information content (AvgIpc) is 3.45. The van der Waals surface area contributed by atoms with E-state index < -0.39 is 36.0 Å². The van der Waals surface area contributed by atoms with Gasteiger partial charge in [-0.25, -0.2) is 4.79 Å². The topological polar surface area (TPSA) is 143 Å². The first-order valence-electron chi connectivity index (χ1n) is 15.7. The standard InChI is InChI=1S/C36H42N4O6/c1-24(2)20-31(34(43)38-29(15-9-19-41)21-28-17-18-37-33(28)42)39-35(44)32(40-36(45)46-23-25-10-4-3-5-11-25)22-27-14-8-13-26-12-6-7-16-30(26)27/h3-16,19,24,28-29,31-32H,17-18,20-23H2,1-2H3,(H,37,42)(H,38,43)(H,39,44)(H,40,45)/b15-9+/t28-,29?,31-,32-/m0/s1. The fourth-order valence-electron chi connectivity index (χ4n) is 5.61. The lowest BCUT2D eigenvalue weighted by atomic mass is 9.96. The molecule has 0 radical (unpaired) electrons. The summed E-state index contributed by atoms with van der Waals surface area (Å²) >= 11 is 0. The molecule has 4 rings (SSSR count). The van der Waals surface area contributed by atoms with Crippen molar-refractivity contribution in [2.75, 3.05) is 6.54 Å². The molecule has 0 aromatic heterocycles. The maximum Gasteiger partial charge on any atom is 0.408 e. The molecule has 1 heterocycles. The number of fused-ring (bicyclic) bond motifs is 1. The van der Waals surface area contributed by atoms with Gasteiger partial charge in [-0.1, -0.05) is 92.7 Å². The lowest BCUT2D eigenvalue weighted by molar-refractivity contribution is -0.130. The number of rotatable bonds is 15. The highest BCUT2D eigenvalue weighted by Crippen LogP contribution is 2.21. The summed E-state index contributed by atoms with van der Waals surface area (Å²) in [7, 11) is 0. The van der Waals surface area contributed by atoms with Crippen LogP contribution in [0.2, 0.25) is 0 Å². The van der Waals surface area contributed by atoms with Gasteiger partial charge < -0.3 is 26.0 Å². The molecule has 0 bridgehead atoms. The van der Waals surface area contributed by atoms with Crippen LogP contribution < -0.4 is 21.3 Å². The van der Waals surface area contributed by atoms with Gasteiger partial charge >= 0.3 is 6.09 Å². The first-order chi connectivity index (χ1) is 22.2. The smallest absolute Gasteiger partial charge is 0.408 e. The Labute approximate surface area is 269 Å². The highest BCUT2D eigenvalue weighted by Gasteiger charge is 2.31. The van der Waals surface area contributed by atoms with Crippen molar-refractivity contribution in [3.05, 3.63) is 96.1 Å². The molecule has 4 atom stereocenters. The van der Waals surface area contributed by atoms with Crippen LogP contribution in [0.1, 0.15) is 44.2 Å². The van der Waals surface area contributed by atoms with Crippen molar-refractivity contribution in [1.29, 1.82) is 0 Å². The number of alkyl carbamates (subject to hydrolysis) is 1. The van der Waals surface area contributed by atoms with E-state index in [4.69, 9.17) is 4.74 Å². The molecule has 1 unspecified atom stereocenters. The quantitative estimate of drug-likeness (QED) is 0.149. The van der Waals surface area contributed by atoms with Crippen LogP contribution in [0.4, 0.5) is 4.79 Å². The van der Waals surface area contributed by atoms with Crippen LogP contribution in [0, 0.1) is 11.8 Å². The van der Waals surface area contributed by atoms with Gasteiger partial charge in [-0.05, 0) is 53.2 Å². The van der Waals surface area contributed by atoms with E-state index in [1.165, 1.54) is 6.08 Å². The molecule has 1 aliphatic rings. The first-order valence-corrected chi connectivity index (χ1v) is 15.7. The van der Waals surface area contributed by atoms with E-state index in [1.54, 1.807) is 6.08 Å². The van der Waals surface area contributed by atoms with Crippen LogP contribution in [0.5, 0.6) is 0 Å². The number of aldehydes is 1. The van der Waals surface area contributed by atoms with Gasteiger partial charge in [-0.2, -0.15) is 0 Å². The van der Waals surface area contributed by atoms with E-state index in [0.29, 0.717) is 32.1 Å². The molecule has 46 heavy (non-hydrogen) atoms. The van der Waals surface area contributed by atoms with Gasteiger partial charge in [0.05, 0.1) is 0 Å². The SMILES string of the molecule is CC(C)C[C@H](NC(=O)[C@H](Cc1cccc2ccccc12)NC(=O)OCc1ccccc1)C(=O)NC(/C=C/C=O)C[C@@H]1CCNC1=O. The highest BCUT2D eigenvalue weighted by atomic mass is 16.5. The lowest BCUT2D eigenvalue weighted by Gasteiger charge is -2.26. The number of allylic oxidation sites excluding steroid dienone is 1. The Morgan fingerprint density at radius 3 is 2.35 bits per heavy atom. The second-order valence-corrected chi connectivity index (χ2v) is 11.9. The minimum Gasteiger partial charge on any atom is -0.445 e. The molecular formula is C36H42N4O6. The Balaban J connectivity index is 1.52. The largest absolute Gasteiger partial charge is 0.445 e. The highest BCUT2D eigenvalue weighted by molar-refractivity contribution is 5.93. The second-order valence-electron chi connectivity index (χ2n) is 11.9. The molecule has 3 aromatic carbocycles. The predicted molar refractivity (Wildman–Crippen MR) is 175 cm³/mol.